The van der Waals surface area contributed by atoms with E-state index in [1.165, 1.54) is 12.1 Å². The van der Waals surface area contributed by atoms with Crippen molar-refractivity contribution >= 4 is 17.7 Å². The molecular formula is C29H39F3N4O4. The van der Waals surface area contributed by atoms with Crippen molar-refractivity contribution in [2.45, 2.75) is 70.4 Å². The van der Waals surface area contributed by atoms with Gasteiger partial charge >= 0.3 is 0 Å². The van der Waals surface area contributed by atoms with Crippen molar-refractivity contribution in [3.63, 3.8) is 0 Å². The number of nitrogens with one attached hydrogen (secondary N) is 1. The number of ether oxygens (including phenoxy) is 1. The molecule has 40 heavy (non-hydrogen) atoms. The van der Waals surface area contributed by atoms with Crippen molar-refractivity contribution < 1.29 is 32.3 Å². The highest BCUT2D eigenvalue weighted by Crippen LogP contribution is 2.63. The van der Waals surface area contributed by atoms with Crippen molar-refractivity contribution in [1.82, 2.24) is 20.0 Å². The maximum absolute atomic E-state index is 14.4. The maximum atomic E-state index is 14.4. The Balaban J connectivity index is 1.03. The lowest BCUT2D eigenvalue weighted by atomic mass is 9.82. The molecule has 4 aliphatic rings. The van der Waals surface area contributed by atoms with Crippen LogP contribution in [0.1, 0.15) is 57.4 Å². The first-order chi connectivity index (χ1) is 19.0. The Hall–Kier alpha value is -2.82. The van der Waals surface area contributed by atoms with Gasteiger partial charge in [-0.3, -0.25) is 19.3 Å². The number of alkyl halides is 2. The van der Waals surface area contributed by atoms with E-state index < -0.39 is 5.92 Å². The van der Waals surface area contributed by atoms with Gasteiger partial charge in [0.1, 0.15) is 17.7 Å². The smallest absolute Gasteiger partial charge is 0.248 e. The average molecular weight is 565 g/mol. The van der Waals surface area contributed by atoms with Gasteiger partial charge in [-0.15, -0.1) is 0 Å². The lowest BCUT2D eigenvalue weighted by Crippen LogP contribution is -2.51. The lowest BCUT2D eigenvalue weighted by Gasteiger charge is -2.35. The fourth-order valence-corrected chi connectivity index (χ4v) is 6.46. The SMILES string of the molecule is CC(=O)N1CCC(Oc2cc(F)cc(CN3CCN(C(=O)CNC(=O)C4CC45CCC(F)(F)CC5)CC3)c2)CC1. The van der Waals surface area contributed by atoms with Gasteiger partial charge in [-0.25, -0.2) is 13.2 Å². The van der Waals surface area contributed by atoms with E-state index in [4.69, 9.17) is 4.74 Å². The highest BCUT2D eigenvalue weighted by Gasteiger charge is 2.60. The first-order valence-corrected chi connectivity index (χ1v) is 14.4. The number of likely N-dealkylation sites (tertiary alicyclic amines) is 1. The third-order valence-corrected chi connectivity index (χ3v) is 9.15. The number of nitrogens with zero attached hydrogens (tertiary/aromatic N) is 3. The molecule has 0 bridgehead atoms. The first-order valence-electron chi connectivity index (χ1n) is 14.4. The van der Waals surface area contributed by atoms with Crippen LogP contribution in [0.4, 0.5) is 13.2 Å². The molecule has 1 N–H and O–H groups in total. The number of amides is 3. The Labute approximate surface area is 233 Å². The second kappa shape index (κ2) is 11.6. The van der Waals surface area contributed by atoms with Crippen LogP contribution in [0.15, 0.2) is 18.2 Å². The molecule has 0 radical (unpaired) electrons. The zero-order valence-corrected chi connectivity index (χ0v) is 23.1. The monoisotopic (exact) mass is 564 g/mol. The number of halogens is 3. The van der Waals surface area contributed by atoms with E-state index in [9.17, 15) is 27.6 Å². The number of piperazine rings is 1. The molecule has 2 aliphatic carbocycles. The van der Waals surface area contributed by atoms with Crippen molar-refractivity contribution in [1.29, 1.82) is 0 Å². The minimum atomic E-state index is -2.62. The molecule has 8 nitrogen and oxygen atoms in total. The molecule has 1 aromatic carbocycles. The number of hydrogen-bond donors (Lipinski definition) is 1. The molecule has 5 rings (SSSR count). The summed E-state index contributed by atoms with van der Waals surface area (Å²) in [7, 11) is 0. The number of benzene rings is 1. The van der Waals surface area contributed by atoms with Gasteiger partial charge in [0.05, 0.1) is 6.54 Å². The maximum Gasteiger partial charge on any atom is 0.248 e. The summed E-state index contributed by atoms with van der Waals surface area (Å²) < 4.78 is 47.4. The lowest BCUT2D eigenvalue weighted by molar-refractivity contribution is -0.135. The predicted octanol–water partition coefficient (Wildman–Crippen LogP) is 3.19. The van der Waals surface area contributed by atoms with Gasteiger partial charge in [0, 0.05) is 90.4 Å². The Morgan fingerprint density at radius 1 is 0.950 bits per heavy atom. The molecule has 2 aliphatic heterocycles. The van der Waals surface area contributed by atoms with E-state index in [1.807, 2.05) is 6.07 Å². The normalized spacial score (nSPS) is 24.6. The summed E-state index contributed by atoms with van der Waals surface area (Å²) >= 11 is 0. The standard InChI is InChI=1S/C29H39F3N4O4/c1-20(37)35-8-2-23(3-9-35)40-24-15-21(14-22(30)16-24)19-34-10-12-36(13-11-34)26(38)18-33-27(39)25-17-28(25)4-6-29(31,32)7-5-28/h14-16,23,25H,2-13,17-19H2,1H3,(H,33,39). The van der Waals surface area contributed by atoms with Crippen LogP contribution in [0.2, 0.25) is 0 Å². The number of piperidine rings is 1. The van der Waals surface area contributed by atoms with Crippen molar-refractivity contribution in [2.24, 2.45) is 11.3 Å². The van der Waals surface area contributed by atoms with Crippen molar-refractivity contribution in [3.05, 3.63) is 29.6 Å². The van der Waals surface area contributed by atoms with E-state index in [-0.39, 0.29) is 60.4 Å². The minimum absolute atomic E-state index is 0.0561. The Morgan fingerprint density at radius 3 is 2.27 bits per heavy atom. The van der Waals surface area contributed by atoms with Gasteiger partial charge in [-0.1, -0.05) is 0 Å². The molecule has 220 valence electrons. The molecule has 2 heterocycles. The van der Waals surface area contributed by atoms with Crippen LogP contribution in [0.25, 0.3) is 0 Å². The molecule has 1 spiro atoms. The first kappa shape index (κ1) is 28.7. The summed E-state index contributed by atoms with van der Waals surface area (Å²) in [4.78, 5) is 42.5. The van der Waals surface area contributed by atoms with E-state index in [1.54, 1.807) is 16.7 Å². The third kappa shape index (κ3) is 6.90. The molecule has 1 aromatic rings. The summed E-state index contributed by atoms with van der Waals surface area (Å²) in [6.07, 6.45) is 2.41. The summed E-state index contributed by atoms with van der Waals surface area (Å²) in [5.74, 6) is -3.06. The van der Waals surface area contributed by atoms with Crippen LogP contribution in [0.3, 0.4) is 0 Å². The molecular weight excluding hydrogens is 525 g/mol. The number of carbonyl (C=O) groups is 3. The number of carbonyl (C=O) groups excluding carboxylic acids is 3. The fraction of sp³-hybridized carbons (Fsp3) is 0.690. The second-order valence-electron chi connectivity index (χ2n) is 12.0. The van der Waals surface area contributed by atoms with E-state index in [0.29, 0.717) is 83.7 Å². The molecule has 2 saturated carbocycles. The third-order valence-electron chi connectivity index (χ3n) is 9.15. The highest BCUT2D eigenvalue weighted by molar-refractivity contribution is 5.88. The molecule has 4 fully saturated rings. The zero-order chi connectivity index (χ0) is 28.5. The Morgan fingerprint density at radius 2 is 1.62 bits per heavy atom. The summed E-state index contributed by atoms with van der Waals surface area (Å²) in [6.45, 7) is 5.52. The van der Waals surface area contributed by atoms with Crippen LogP contribution in [0.5, 0.6) is 5.75 Å². The molecule has 1 unspecified atom stereocenters. The molecule has 2 saturated heterocycles. The molecule has 0 aromatic heterocycles. The van der Waals surface area contributed by atoms with Crippen molar-refractivity contribution in [3.8, 4) is 5.75 Å². The van der Waals surface area contributed by atoms with E-state index in [0.717, 1.165) is 5.56 Å². The van der Waals surface area contributed by atoms with Gasteiger partial charge in [0.25, 0.3) is 0 Å². The fourth-order valence-electron chi connectivity index (χ4n) is 6.46. The van der Waals surface area contributed by atoms with Crippen LogP contribution < -0.4 is 10.1 Å². The number of rotatable bonds is 7. The topological polar surface area (TPSA) is 82.2 Å². The van der Waals surface area contributed by atoms with Crippen LogP contribution in [-0.4, -0.2) is 90.3 Å². The zero-order valence-electron chi connectivity index (χ0n) is 23.1. The van der Waals surface area contributed by atoms with Gasteiger partial charge in [0.15, 0.2) is 0 Å². The Kier molecular flexibility index (Phi) is 8.31. The number of hydrogen-bond acceptors (Lipinski definition) is 5. The van der Waals surface area contributed by atoms with Gasteiger partial charge in [-0.05, 0) is 42.4 Å². The van der Waals surface area contributed by atoms with Gasteiger partial charge in [0.2, 0.25) is 23.6 Å². The van der Waals surface area contributed by atoms with E-state index in [2.05, 4.69) is 10.2 Å². The average Bonchev–Trinajstić information content (AvgIpc) is 3.63. The highest BCUT2D eigenvalue weighted by atomic mass is 19.3. The van der Waals surface area contributed by atoms with Gasteiger partial charge in [-0.2, -0.15) is 0 Å². The summed E-state index contributed by atoms with van der Waals surface area (Å²) in [5, 5.41) is 2.73. The Bertz CT molecular complexity index is 1110. The minimum Gasteiger partial charge on any atom is -0.490 e. The molecule has 3 amide bonds. The van der Waals surface area contributed by atoms with Crippen LogP contribution in [0, 0.1) is 17.2 Å². The largest absolute Gasteiger partial charge is 0.490 e. The van der Waals surface area contributed by atoms with Crippen molar-refractivity contribution in [2.75, 3.05) is 45.8 Å². The second-order valence-corrected chi connectivity index (χ2v) is 12.0. The van der Waals surface area contributed by atoms with Crippen LogP contribution in [-0.2, 0) is 20.9 Å². The molecule has 11 heteroatoms. The van der Waals surface area contributed by atoms with Gasteiger partial charge < -0.3 is 19.9 Å². The quantitative estimate of drug-likeness (QED) is 0.550. The predicted molar refractivity (Wildman–Crippen MR) is 141 cm³/mol. The van der Waals surface area contributed by atoms with Crippen LogP contribution >= 0.6 is 0 Å². The molecule has 1 atom stereocenters. The summed E-state index contributed by atoms with van der Waals surface area (Å²) in [5.41, 5.74) is 0.497. The van der Waals surface area contributed by atoms with E-state index >= 15 is 0 Å². The summed E-state index contributed by atoms with van der Waals surface area (Å²) in [6, 6.07) is 4.74.